The van der Waals surface area contributed by atoms with Gasteiger partial charge in [0.05, 0.1) is 12.7 Å². The molecular weight excluding hydrogens is 250 g/mol. The fourth-order valence-corrected chi connectivity index (χ4v) is 1.94. The minimum absolute atomic E-state index is 0.497. The average Bonchev–Trinajstić information content (AvgIpc) is 2.49. The molecule has 2 aromatic carbocycles. The first-order valence-corrected chi connectivity index (χ1v) is 6.39. The van der Waals surface area contributed by atoms with E-state index in [-0.39, 0.29) is 0 Å². The smallest absolute Gasteiger partial charge is 0.119 e. The summed E-state index contributed by atoms with van der Waals surface area (Å²) in [6.45, 7) is 0.780. The fourth-order valence-electron chi connectivity index (χ4n) is 1.94. The number of benzene rings is 2. The van der Waals surface area contributed by atoms with E-state index >= 15 is 0 Å². The van der Waals surface area contributed by atoms with Crippen LogP contribution in [0.3, 0.4) is 0 Å². The third kappa shape index (κ3) is 3.42. The first-order chi connectivity index (χ1) is 9.72. The lowest BCUT2D eigenvalue weighted by Gasteiger charge is -2.08. The molecular formula is C16H17N3O. The molecule has 4 nitrogen and oxygen atoms in total. The highest BCUT2D eigenvalue weighted by molar-refractivity contribution is 5.61. The highest BCUT2D eigenvalue weighted by Crippen LogP contribution is 2.17. The molecule has 0 spiro atoms. The summed E-state index contributed by atoms with van der Waals surface area (Å²) >= 11 is 0. The van der Waals surface area contributed by atoms with Gasteiger partial charge in [0.15, 0.2) is 0 Å². The Bertz CT molecular complexity index is 632. The van der Waals surface area contributed by atoms with Crippen molar-refractivity contribution >= 4 is 11.4 Å². The van der Waals surface area contributed by atoms with Crippen LogP contribution >= 0.6 is 0 Å². The van der Waals surface area contributed by atoms with Crippen LogP contribution in [0.5, 0.6) is 5.75 Å². The molecule has 2 aromatic rings. The number of nitrogen functional groups attached to an aromatic ring is 1. The predicted octanol–water partition coefficient (Wildman–Crippen LogP) is 2.80. The summed E-state index contributed by atoms with van der Waals surface area (Å²) in [6.07, 6.45) is 0.878. The molecule has 0 aromatic heterocycles. The first kappa shape index (κ1) is 13.8. The van der Waals surface area contributed by atoms with Crippen LogP contribution in [0.25, 0.3) is 0 Å². The van der Waals surface area contributed by atoms with Crippen molar-refractivity contribution in [3.05, 3.63) is 53.6 Å². The van der Waals surface area contributed by atoms with Crippen molar-refractivity contribution in [3.8, 4) is 11.8 Å². The number of nitriles is 1. The Labute approximate surface area is 118 Å². The van der Waals surface area contributed by atoms with Crippen LogP contribution in [0.2, 0.25) is 0 Å². The van der Waals surface area contributed by atoms with E-state index in [1.54, 1.807) is 19.2 Å². The maximum atomic E-state index is 8.93. The molecule has 0 aliphatic carbocycles. The fraction of sp³-hybridized carbons (Fsp3) is 0.188. The van der Waals surface area contributed by atoms with Gasteiger partial charge in [0, 0.05) is 17.9 Å². The molecule has 0 bridgehead atoms. The van der Waals surface area contributed by atoms with Gasteiger partial charge in [0.25, 0.3) is 0 Å². The summed E-state index contributed by atoms with van der Waals surface area (Å²) < 4.78 is 5.19. The van der Waals surface area contributed by atoms with E-state index in [4.69, 9.17) is 15.7 Å². The maximum Gasteiger partial charge on any atom is 0.119 e. The lowest BCUT2D eigenvalue weighted by molar-refractivity contribution is 0.414. The molecule has 0 atom stereocenters. The third-order valence-electron chi connectivity index (χ3n) is 3.05. The zero-order chi connectivity index (χ0) is 14.4. The highest BCUT2D eigenvalue weighted by atomic mass is 16.5. The molecule has 2 rings (SSSR count). The molecule has 20 heavy (non-hydrogen) atoms. The zero-order valence-electron chi connectivity index (χ0n) is 11.4. The molecule has 102 valence electrons. The molecule has 0 aliphatic heterocycles. The number of nitrogens with one attached hydrogen (secondary N) is 1. The van der Waals surface area contributed by atoms with Gasteiger partial charge in [-0.1, -0.05) is 12.1 Å². The van der Waals surface area contributed by atoms with Crippen molar-refractivity contribution in [2.45, 2.75) is 6.42 Å². The molecule has 0 unspecified atom stereocenters. The first-order valence-electron chi connectivity index (χ1n) is 6.39. The van der Waals surface area contributed by atoms with Gasteiger partial charge < -0.3 is 15.8 Å². The SMILES string of the molecule is COc1cccc(CCNc2ccc(N)c(C#N)c2)c1. The summed E-state index contributed by atoms with van der Waals surface area (Å²) in [4.78, 5) is 0. The van der Waals surface area contributed by atoms with Crippen LogP contribution < -0.4 is 15.8 Å². The summed E-state index contributed by atoms with van der Waals surface area (Å²) in [5.74, 6) is 0.863. The minimum Gasteiger partial charge on any atom is -0.497 e. The van der Waals surface area contributed by atoms with Crippen molar-refractivity contribution < 1.29 is 4.74 Å². The lowest BCUT2D eigenvalue weighted by Crippen LogP contribution is -2.05. The van der Waals surface area contributed by atoms with E-state index in [1.807, 2.05) is 24.3 Å². The molecule has 0 saturated carbocycles. The number of nitrogens with zero attached hydrogens (tertiary/aromatic N) is 1. The Balaban J connectivity index is 1.94. The van der Waals surface area contributed by atoms with Crippen molar-refractivity contribution in [1.29, 1.82) is 5.26 Å². The molecule has 3 N–H and O–H groups in total. The van der Waals surface area contributed by atoms with E-state index in [1.165, 1.54) is 5.56 Å². The Morgan fingerprint density at radius 2 is 2.10 bits per heavy atom. The lowest BCUT2D eigenvalue weighted by atomic mass is 10.1. The quantitative estimate of drug-likeness (QED) is 0.817. The number of rotatable bonds is 5. The van der Waals surface area contributed by atoms with Gasteiger partial charge in [-0.25, -0.2) is 0 Å². The van der Waals surface area contributed by atoms with Gasteiger partial charge in [-0.2, -0.15) is 5.26 Å². The molecule has 0 fully saturated rings. The number of hydrogen-bond acceptors (Lipinski definition) is 4. The van der Waals surface area contributed by atoms with Crippen molar-refractivity contribution in [1.82, 2.24) is 0 Å². The average molecular weight is 267 g/mol. The van der Waals surface area contributed by atoms with Crippen LogP contribution in [-0.2, 0) is 6.42 Å². The number of hydrogen-bond donors (Lipinski definition) is 2. The Morgan fingerprint density at radius 3 is 2.85 bits per heavy atom. The van der Waals surface area contributed by atoms with Gasteiger partial charge in [0.2, 0.25) is 0 Å². The van der Waals surface area contributed by atoms with Gasteiger partial charge in [-0.15, -0.1) is 0 Å². The monoisotopic (exact) mass is 267 g/mol. The predicted molar refractivity (Wildman–Crippen MR) is 80.8 cm³/mol. The van der Waals surface area contributed by atoms with Gasteiger partial charge in [-0.05, 0) is 42.3 Å². The van der Waals surface area contributed by atoms with Crippen LogP contribution in [0.4, 0.5) is 11.4 Å². The van der Waals surface area contributed by atoms with Gasteiger partial charge in [0.1, 0.15) is 11.8 Å². The summed E-state index contributed by atoms with van der Waals surface area (Å²) in [5, 5.41) is 12.2. The highest BCUT2D eigenvalue weighted by Gasteiger charge is 2.00. The summed E-state index contributed by atoms with van der Waals surface area (Å²) in [7, 11) is 1.66. The van der Waals surface area contributed by atoms with E-state index in [0.717, 1.165) is 24.4 Å². The second kappa shape index (κ2) is 6.48. The zero-order valence-corrected chi connectivity index (χ0v) is 11.4. The van der Waals surface area contributed by atoms with Crippen LogP contribution in [0, 0.1) is 11.3 Å². The molecule has 0 amide bonds. The molecule has 4 heteroatoms. The summed E-state index contributed by atoms with van der Waals surface area (Å²) in [5.41, 5.74) is 8.79. The number of nitrogens with two attached hydrogens (primary N) is 1. The molecule has 0 heterocycles. The van der Waals surface area contributed by atoms with E-state index in [2.05, 4.69) is 17.5 Å². The number of anilines is 2. The van der Waals surface area contributed by atoms with Gasteiger partial charge in [-0.3, -0.25) is 0 Å². The van der Waals surface area contributed by atoms with E-state index in [9.17, 15) is 0 Å². The van der Waals surface area contributed by atoms with Crippen LogP contribution in [0.1, 0.15) is 11.1 Å². The van der Waals surface area contributed by atoms with Crippen molar-refractivity contribution in [2.75, 3.05) is 24.7 Å². The van der Waals surface area contributed by atoms with E-state index in [0.29, 0.717) is 11.3 Å². The largest absolute Gasteiger partial charge is 0.497 e. The van der Waals surface area contributed by atoms with Crippen molar-refractivity contribution in [3.63, 3.8) is 0 Å². The second-order valence-electron chi connectivity index (χ2n) is 4.44. The molecule has 0 aliphatic rings. The number of methoxy groups -OCH3 is 1. The van der Waals surface area contributed by atoms with Gasteiger partial charge >= 0.3 is 0 Å². The summed E-state index contributed by atoms with van der Waals surface area (Å²) in [6, 6.07) is 15.4. The maximum absolute atomic E-state index is 8.93. The minimum atomic E-state index is 0.497. The standard InChI is InChI=1S/C16H17N3O/c1-20-15-4-2-3-12(9-15)7-8-19-14-5-6-16(18)13(10-14)11-17/h2-6,9-10,19H,7-8,18H2,1H3. The Morgan fingerprint density at radius 1 is 1.25 bits per heavy atom. The number of ether oxygens (including phenoxy) is 1. The van der Waals surface area contributed by atoms with Crippen molar-refractivity contribution in [2.24, 2.45) is 0 Å². The molecule has 0 saturated heterocycles. The Hall–Kier alpha value is -2.67. The topological polar surface area (TPSA) is 71.1 Å². The Kier molecular flexibility index (Phi) is 4.46. The second-order valence-corrected chi connectivity index (χ2v) is 4.44. The third-order valence-corrected chi connectivity index (χ3v) is 3.05. The van der Waals surface area contributed by atoms with Crippen LogP contribution in [-0.4, -0.2) is 13.7 Å². The normalized spacial score (nSPS) is 9.80. The van der Waals surface area contributed by atoms with E-state index < -0.39 is 0 Å². The molecule has 0 radical (unpaired) electrons. The van der Waals surface area contributed by atoms with Crippen LogP contribution in [0.15, 0.2) is 42.5 Å².